The van der Waals surface area contributed by atoms with Crippen LogP contribution >= 0.6 is 8.29 Å². The standard InChI is InChI=1S/C13H32S/c1-8-9-10-11-12-14(4,5,6,7)13(2)3/h13H,8-12H2,1-7H3. The van der Waals surface area contributed by atoms with E-state index >= 15 is 0 Å². The molecule has 0 bridgehead atoms. The smallest absolute Gasteiger partial charge is 0.0284 e. The van der Waals surface area contributed by atoms with Crippen LogP contribution in [0.1, 0.15) is 46.5 Å². The Balaban J connectivity index is 4.30. The van der Waals surface area contributed by atoms with Crippen molar-refractivity contribution in [2.45, 2.75) is 51.7 Å². The Morgan fingerprint density at radius 1 is 0.857 bits per heavy atom. The normalized spacial score (nSPS) is 18.0. The van der Waals surface area contributed by atoms with Gasteiger partial charge in [0, 0.05) is 0 Å². The lowest BCUT2D eigenvalue weighted by Gasteiger charge is -2.73. The molecule has 0 aromatic rings. The third kappa shape index (κ3) is 4.25. The van der Waals surface area contributed by atoms with Crippen molar-refractivity contribution >= 4 is 8.29 Å². The summed E-state index contributed by atoms with van der Waals surface area (Å²) in [5.41, 5.74) is 0. The second-order valence-electron chi connectivity index (χ2n) is 7.53. The molecule has 0 N–H and O–H groups in total. The molecule has 0 rings (SSSR count). The molecule has 0 aliphatic heterocycles. The zero-order valence-corrected chi connectivity index (χ0v) is 12.3. The third-order valence-corrected chi connectivity index (χ3v) is 10.7. The predicted octanol–water partition coefficient (Wildman–Crippen LogP) is 4.37. The van der Waals surface area contributed by atoms with Gasteiger partial charge in [0.1, 0.15) is 0 Å². The average molecular weight is 220 g/mol. The first-order valence-electron chi connectivity index (χ1n) is 6.02. The fourth-order valence-electron chi connectivity index (χ4n) is 1.43. The van der Waals surface area contributed by atoms with Gasteiger partial charge in [0.15, 0.2) is 0 Å². The summed E-state index contributed by atoms with van der Waals surface area (Å²) in [6.07, 6.45) is 15.8. The lowest BCUT2D eigenvalue weighted by atomic mass is 10.2. The minimum absolute atomic E-state index is 0.830. The monoisotopic (exact) mass is 220 g/mol. The van der Waals surface area contributed by atoms with Gasteiger partial charge in [0.2, 0.25) is 0 Å². The highest BCUT2D eigenvalue weighted by atomic mass is 32.4. The van der Waals surface area contributed by atoms with E-state index in [4.69, 9.17) is 0 Å². The Morgan fingerprint density at radius 3 is 1.71 bits per heavy atom. The molecule has 0 aromatic heterocycles. The second kappa shape index (κ2) is 3.73. The molecule has 0 fully saturated rings. The van der Waals surface area contributed by atoms with Gasteiger partial charge >= 0.3 is 0 Å². The van der Waals surface area contributed by atoms with Crippen LogP contribution < -0.4 is 0 Å². The van der Waals surface area contributed by atoms with Crippen LogP contribution in [0.15, 0.2) is 0 Å². The molecule has 0 aromatic carbocycles. The molecule has 0 heterocycles. The molecule has 1 heteroatoms. The molecule has 0 spiro atoms. The van der Waals surface area contributed by atoms with Gasteiger partial charge in [-0.15, -0.1) is 0 Å². The summed E-state index contributed by atoms with van der Waals surface area (Å²) in [7, 11) is -1.73. The quantitative estimate of drug-likeness (QED) is 0.583. The zero-order valence-electron chi connectivity index (χ0n) is 11.5. The Bertz CT molecular complexity index is 180. The first-order valence-corrected chi connectivity index (χ1v) is 10.3. The molecule has 0 radical (unpaired) electrons. The number of hydrogen-bond donors (Lipinski definition) is 0. The van der Waals surface area contributed by atoms with E-state index in [9.17, 15) is 0 Å². The molecule has 0 amide bonds. The van der Waals surface area contributed by atoms with Gasteiger partial charge in [-0.1, -0.05) is 40.0 Å². The van der Waals surface area contributed by atoms with Crippen molar-refractivity contribution in [1.82, 2.24) is 0 Å². The van der Waals surface area contributed by atoms with Crippen molar-refractivity contribution in [1.29, 1.82) is 0 Å². The van der Waals surface area contributed by atoms with Gasteiger partial charge in [-0.05, 0) is 42.4 Å². The molecule has 90 valence electrons. The van der Waals surface area contributed by atoms with E-state index in [1.54, 1.807) is 0 Å². The highest BCUT2D eigenvalue weighted by molar-refractivity contribution is 8.63. The van der Waals surface area contributed by atoms with Gasteiger partial charge in [0.05, 0.1) is 0 Å². The summed E-state index contributed by atoms with van der Waals surface area (Å²) >= 11 is 0. The first-order chi connectivity index (χ1) is 6.02. The minimum atomic E-state index is -1.73. The van der Waals surface area contributed by atoms with Crippen molar-refractivity contribution < 1.29 is 0 Å². The fraction of sp³-hybridized carbons (Fsp3) is 1.00. The number of rotatable bonds is 6. The van der Waals surface area contributed by atoms with Crippen LogP contribution in [0, 0.1) is 0 Å². The average Bonchev–Trinajstić information content (AvgIpc) is 1.96. The van der Waals surface area contributed by atoms with Crippen molar-refractivity contribution in [3.8, 4) is 0 Å². The Morgan fingerprint density at radius 2 is 1.36 bits per heavy atom. The van der Waals surface area contributed by atoms with Crippen LogP contribution in [0.25, 0.3) is 0 Å². The summed E-state index contributed by atoms with van der Waals surface area (Å²) in [4.78, 5) is 0. The van der Waals surface area contributed by atoms with Gasteiger partial charge < -0.3 is 0 Å². The van der Waals surface area contributed by atoms with Gasteiger partial charge in [-0.25, -0.2) is 0 Å². The van der Waals surface area contributed by atoms with Crippen molar-refractivity contribution in [2.24, 2.45) is 0 Å². The second-order valence-corrected chi connectivity index (χ2v) is 18.3. The molecule has 0 aliphatic carbocycles. The van der Waals surface area contributed by atoms with Crippen LogP contribution in [0.3, 0.4) is 0 Å². The van der Waals surface area contributed by atoms with E-state index in [0.29, 0.717) is 0 Å². The van der Waals surface area contributed by atoms with E-state index in [-0.39, 0.29) is 0 Å². The lowest BCUT2D eigenvalue weighted by molar-refractivity contribution is 0.701. The summed E-state index contributed by atoms with van der Waals surface area (Å²) in [6.45, 7) is 7.09. The SMILES string of the molecule is CCCCCCS(C)(C)(C)(C)C(C)C. The summed E-state index contributed by atoms with van der Waals surface area (Å²) in [5.74, 6) is 1.44. The van der Waals surface area contributed by atoms with Crippen molar-refractivity contribution in [3.05, 3.63) is 0 Å². The summed E-state index contributed by atoms with van der Waals surface area (Å²) in [5, 5.41) is 0.830. The predicted molar refractivity (Wildman–Crippen MR) is 75.4 cm³/mol. The molecule has 0 atom stereocenters. The molecule has 0 aliphatic rings. The van der Waals surface area contributed by atoms with E-state index in [1.165, 1.54) is 31.4 Å². The van der Waals surface area contributed by atoms with E-state index in [2.05, 4.69) is 45.8 Å². The largest absolute Gasteiger partial charge is 0.282 e. The molecule has 0 saturated carbocycles. The molecule has 0 nitrogen and oxygen atoms in total. The van der Waals surface area contributed by atoms with E-state index in [1.807, 2.05) is 0 Å². The first kappa shape index (κ1) is 14.3. The van der Waals surface area contributed by atoms with Crippen molar-refractivity contribution in [2.75, 3.05) is 30.8 Å². The van der Waals surface area contributed by atoms with Gasteiger partial charge in [-0.3, -0.25) is 8.29 Å². The fourth-order valence-corrected chi connectivity index (χ4v) is 3.42. The highest BCUT2D eigenvalue weighted by Crippen LogP contribution is 2.81. The van der Waals surface area contributed by atoms with Crippen LogP contribution in [-0.2, 0) is 0 Å². The summed E-state index contributed by atoms with van der Waals surface area (Å²) in [6, 6.07) is 0. The molecular weight excluding hydrogens is 188 g/mol. The number of hydrogen-bond acceptors (Lipinski definition) is 0. The van der Waals surface area contributed by atoms with Crippen LogP contribution in [0.5, 0.6) is 0 Å². The maximum atomic E-state index is 2.55. The highest BCUT2D eigenvalue weighted by Gasteiger charge is 2.44. The molecule has 0 saturated heterocycles. The van der Waals surface area contributed by atoms with Crippen LogP contribution in [-0.4, -0.2) is 36.0 Å². The van der Waals surface area contributed by atoms with Gasteiger partial charge in [0.25, 0.3) is 0 Å². The number of unbranched alkanes of at least 4 members (excludes halogenated alkanes) is 3. The van der Waals surface area contributed by atoms with E-state index < -0.39 is 8.29 Å². The minimum Gasteiger partial charge on any atom is -0.282 e. The van der Waals surface area contributed by atoms with Crippen LogP contribution in [0.4, 0.5) is 0 Å². The topological polar surface area (TPSA) is 0 Å². The maximum absolute atomic E-state index is 2.55. The maximum Gasteiger partial charge on any atom is -0.0284 e. The molecule has 14 heavy (non-hydrogen) atoms. The Labute approximate surface area is 91.1 Å². The van der Waals surface area contributed by atoms with Gasteiger partial charge in [-0.2, -0.15) is 0 Å². The Hall–Kier alpha value is 0.350. The Kier molecular flexibility index (Phi) is 3.83. The molecular formula is C13H32S. The molecule has 0 unspecified atom stereocenters. The zero-order chi connectivity index (χ0) is 11.5. The van der Waals surface area contributed by atoms with Crippen molar-refractivity contribution in [3.63, 3.8) is 0 Å². The summed E-state index contributed by atoms with van der Waals surface area (Å²) < 4.78 is 0. The van der Waals surface area contributed by atoms with Crippen LogP contribution in [0.2, 0.25) is 0 Å². The van der Waals surface area contributed by atoms with E-state index in [0.717, 1.165) is 5.25 Å². The lowest BCUT2D eigenvalue weighted by Crippen LogP contribution is -2.42. The third-order valence-electron chi connectivity index (χ3n) is 4.15.